The zero-order chi connectivity index (χ0) is 25.8. The van der Waals surface area contributed by atoms with Crippen LogP contribution in [-0.2, 0) is 19.5 Å². The lowest BCUT2D eigenvalue weighted by Crippen LogP contribution is -2.48. The summed E-state index contributed by atoms with van der Waals surface area (Å²) in [7, 11) is 3.29. The van der Waals surface area contributed by atoms with Gasteiger partial charge in [0.05, 0.1) is 33.3 Å². The van der Waals surface area contributed by atoms with E-state index in [2.05, 4.69) is 40.1 Å². The van der Waals surface area contributed by atoms with Crippen LogP contribution in [0.2, 0.25) is 0 Å². The third-order valence-corrected chi connectivity index (χ3v) is 6.83. The highest BCUT2D eigenvalue weighted by Crippen LogP contribution is 2.30. The van der Waals surface area contributed by atoms with Crippen LogP contribution in [0.15, 0.2) is 83.7 Å². The Labute approximate surface area is 217 Å². The molecule has 190 valence electrons. The van der Waals surface area contributed by atoms with Crippen molar-refractivity contribution in [2.45, 2.75) is 26.4 Å². The number of benzene rings is 3. The first kappa shape index (κ1) is 24.6. The van der Waals surface area contributed by atoms with Crippen LogP contribution >= 0.6 is 0 Å². The topological polar surface area (TPSA) is 59.8 Å². The molecule has 0 amide bonds. The van der Waals surface area contributed by atoms with Crippen molar-refractivity contribution < 1.29 is 9.47 Å². The van der Waals surface area contributed by atoms with Crippen LogP contribution in [-0.4, -0.2) is 41.9 Å². The van der Waals surface area contributed by atoms with Crippen molar-refractivity contribution in [3.8, 4) is 11.5 Å². The van der Waals surface area contributed by atoms with Crippen molar-refractivity contribution >= 4 is 11.6 Å². The zero-order valence-electron chi connectivity index (χ0n) is 21.6. The minimum absolute atomic E-state index is 0.0168. The zero-order valence-corrected chi connectivity index (χ0v) is 21.6. The fourth-order valence-corrected chi connectivity index (χ4v) is 4.80. The number of fused-ring (bicyclic) bond motifs is 1. The second-order valence-electron chi connectivity index (χ2n) is 9.25. The van der Waals surface area contributed by atoms with Gasteiger partial charge in [-0.1, -0.05) is 54.6 Å². The molecule has 0 unspecified atom stereocenters. The Morgan fingerprint density at radius 2 is 1.54 bits per heavy atom. The molecule has 7 nitrogen and oxygen atoms in total. The largest absolute Gasteiger partial charge is 0.493 e. The Balaban J connectivity index is 1.47. The Hall–Kier alpha value is -4.10. The molecule has 5 rings (SSSR count). The fraction of sp³-hybridized carbons (Fsp3) is 0.267. The molecule has 1 aromatic heterocycles. The van der Waals surface area contributed by atoms with Crippen LogP contribution in [0.4, 0.5) is 11.6 Å². The Morgan fingerprint density at radius 1 is 0.838 bits per heavy atom. The first-order valence-corrected chi connectivity index (χ1v) is 12.5. The summed E-state index contributed by atoms with van der Waals surface area (Å²) in [5.41, 5.74) is 4.79. The van der Waals surface area contributed by atoms with Crippen LogP contribution in [0.25, 0.3) is 0 Å². The van der Waals surface area contributed by atoms with E-state index < -0.39 is 0 Å². The number of nitrogens with zero attached hydrogens (tertiary/aromatic N) is 4. The van der Waals surface area contributed by atoms with Gasteiger partial charge in [0.2, 0.25) is 5.95 Å². The van der Waals surface area contributed by atoms with Gasteiger partial charge in [-0.2, -0.15) is 0 Å². The summed E-state index contributed by atoms with van der Waals surface area (Å²) >= 11 is 0. The number of methoxy groups -OCH3 is 2. The molecule has 0 atom stereocenters. The second kappa shape index (κ2) is 10.9. The highest BCUT2D eigenvalue weighted by molar-refractivity contribution is 5.58. The molecule has 7 heteroatoms. The SMILES string of the molecule is COc1ccc(CCN2CN(c3ccccc3)c3nc(C)c(Cc4ccccc4)c(=O)n3C2)cc1OC. The summed E-state index contributed by atoms with van der Waals surface area (Å²) in [6.07, 6.45) is 1.37. The molecule has 0 radical (unpaired) electrons. The van der Waals surface area contributed by atoms with Crippen LogP contribution in [0.3, 0.4) is 0 Å². The first-order chi connectivity index (χ1) is 18.1. The smallest absolute Gasteiger partial charge is 0.259 e. The number of aryl methyl sites for hydroxylation is 1. The van der Waals surface area contributed by atoms with Crippen LogP contribution in [0.5, 0.6) is 11.5 Å². The van der Waals surface area contributed by atoms with Crippen LogP contribution in [0, 0.1) is 6.92 Å². The van der Waals surface area contributed by atoms with Gasteiger partial charge < -0.3 is 9.47 Å². The summed E-state index contributed by atoms with van der Waals surface area (Å²) < 4.78 is 12.7. The van der Waals surface area contributed by atoms with E-state index in [1.807, 2.05) is 60.0 Å². The summed E-state index contributed by atoms with van der Waals surface area (Å²) in [4.78, 5) is 23.2. The Morgan fingerprint density at radius 3 is 2.24 bits per heavy atom. The number of para-hydroxylation sites is 1. The molecular formula is C30H32N4O3. The molecule has 37 heavy (non-hydrogen) atoms. The van der Waals surface area contributed by atoms with Gasteiger partial charge in [-0.25, -0.2) is 4.98 Å². The number of hydrogen-bond acceptors (Lipinski definition) is 6. The maximum atomic E-state index is 13.8. The molecule has 0 saturated heterocycles. The van der Waals surface area contributed by atoms with Crippen LogP contribution < -0.4 is 19.9 Å². The predicted octanol–water partition coefficient (Wildman–Crippen LogP) is 4.77. The molecule has 4 aromatic rings. The number of anilines is 2. The quantitative estimate of drug-likeness (QED) is 0.350. The third kappa shape index (κ3) is 5.22. The molecule has 0 saturated carbocycles. The normalized spacial score (nSPS) is 13.3. The van der Waals surface area contributed by atoms with Gasteiger partial charge in [-0.15, -0.1) is 0 Å². The molecule has 0 N–H and O–H groups in total. The fourth-order valence-electron chi connectivity index (χ4n) is 4.80. The minimum atomic E-state index is 0.0168. The minimum Gasteiger partial charge on any atom is -0.493 e. The van der Waals surface area contributed by atoms with Gasteiger partial charge in [-0.3, -0.25) is 19.2 Å². The van der Waals surface area contributed by atoms with Gasteiger partial charge >= 0.3 is 0 Å². The summed E-state index contributed by atoms with van der Waals surface area (Å²) in [5, 5.41) is 0. The number of rotatable bonds is 8. The number of aromatic nitrogens is 2. The van der Waals surface area contributed by atoms with Crippen molar-refractivity contribution in [3.63, 3.8) is 0 Å². The van der Waals surface area contributed by atoms with E-state index in [0.29, 0.717) is 31.5 Å². The third-order valence-electron chi connectivity index (χ3n) is 6.83. The molecule has 0 spiro atoms. The van der Waals surface area contributed by atoms with Crippen molar-refractivity contribution in [1.82, 2.24) is 14.5 Å². The highest BCUT2D eigenvalue weighted by Gasteiger charge is 2.28. The molecular weight excluding hydrogens is 464 g/mol. The predicted molar refractivity (Wildman–Crippen MR) is 146 cm³/mol. The summed E-state index contributed by atoms with van der Waals surface area (Å²) in [5.74, 6) is 2.12. The monoisotopic (exact) mass is 496 g/mol. The molecule has 0 bridgehead atoms. The van der Waals surface area contributed by atoms with Crippen molar-refractivity contribution in [2.24, 2.45) is 0 Å². The van der Waals surface area contributed by atoms with Gasteiger partial charge in [0.1, 0.15) is 0 Å². The Bertz CT molecular complexity index is 1420. The van der Waals surface area contributed by atoms with E-state index in [4.69, 9.17) is 14.5 Å². The second-order valence-corrected chi connectivity index (χ2v) is 9.25. The number of hydrogen-bond donors (Lipinski definition) is 0. The van der Waals surface area contributed by atoms with Crippen molar-refractivity contribution in [1.29, 1.82) is 0 Å². The molecule has 1 aliphatic heterocycles. The van der Waals surface area contributed by atoms with E-state index in [0.717, 1.165) is 46.8 Å². The van der Waals surface area contributed by atoms with E-state index >= 15 is 0 Å². The van der Waals surface area contributed by atoms with Crippen molar-refractivity contribution in [2.75, 3.05) is 32.3 Å². The first-order valence-electron chi connectivity index (χ1n) is 12.5. The molecule has 3 aromatic carbocycles. The summed E-state index contributed by atoms with van der Waals surface area (Å²) in [6.45, 7) is 3.83. The molecule has 0 aliphatic carbocycles. The lowest BCUT2D eigenvalue weighted by molar-refractivity contribution is 0.200. The molecule has 0 fully saturated rings. The number of ether oxygens (including phenoxy) is 2. The van der Waals surface area contributed by atoms with Gasteiger partial charge in [0.15, 0.2) is 11.5 Å². The van der Waals surface area contributed by atoms with Gasteiger partial charge in [-0.05, 0) is 48.7 Å². The highest BCUT2D eigenvalue weighted by atomic mass is 16.5. The summed E-state index contributed by atoms with van der Waals surface area (Å²) in [6, 6.07) is 26.2. The van der Waals surface area contributed by atoms with E-state index in [-0.39, 0.29) is 5.56 Å². The maximum absolute atomic E-state index is 13.8. The van der Waals surface area contributed by atoms with Gasteiger partial charge in [0.25, 0.3) is 5.56 Å². The van der Waals surface area contributed by atoms with Gasteiger partial charge in [0, 0.05) is 24.2 Å². The van der Waals surface area contributed by atoms with E-state index in [9.17, 15) is 4.79 Å². The maximum Gasteiger partial charge on any atom is 0.259 e. The standard InChI is InChI=1S/C30H32N4O3/c1-22-26(18-23-10-6-4-7-11-23)29(35)34-21-32(17-16-24-14-15-27(36-2)28(19-24)37-3)20-33(30(34)31-22)25-12-8-5-9-13-25/h4-15,19H,16-18,20-21H2,1-3H3. The Kier molecular flexibility index (Phi) is 7.23. The van der Waals surface area contributed by atoms with E-state index in [1.54, 1.807) is 14.2 Å². The molecule has 2 heterocycles. The lowest BCUT2D eigenvalue weighted by atomic mass is 10.1. The van der Waals surface area contributed by atoms with Crippen molar-refractivity contribution in [3.05, 3.63) is 112 Å². The molecule has 1 aliphatic rings. The lowest BCUT2D eigenvalue weighted by Gasteiger charge is -2.38. The van der Waals surface area contributed by atoms with Crippen LogP contribution in [0.1, 0.15) is 22.4 Å². The average Bonchev–Trinajstić information content (AvgIpc) is 2.95. The van der Waals surface area contributed by atoms with E-state index in [1.165, 1.54) is 0 Å². The average molecular weight is 497 g/mol.